The predicted octanol–water partition coefficient (Wildman–Crippen LogP) is 0.950. The molecular formula is C12H10N4O2S. The van der Waals surface area contributed by atoms with E-state index in [9.17, 15) is 8.42 Å². The molecule has 0 unspecified atom stereocenters. The summed E-state index contributed by atoms with van der Waals surface area (Å²) in [6.07, 6.45) is 0. The maximum atomic E-state index is 12.4. The van der Waals surface area contributed by atoms with E-state index in [0.29, 0.717) is 0 Å². The number of anilines is 2. The summed E-state index contributed by atoms with van der Waals surface area (Å²) in [7, 11) is -3.89. The van der Waals surface area contributed by atoms with Crippen molar-refractivity contribution in [2.45, 2.75) is 9.79 Å². The van der Waals surface area contributed by atoms with Crippen molar-refractivity contribution in [1.29, 1.82) is 5.26 Å². The summed E-state index contributed by atoms with van der Waals surface area (Å²) in [5, 5.41) is 8.96. The summed E-state index contributed by atoms with van der Waals surface area (Å²) < 4.78 is 24.9. The minimum absolute atomic E-state index is 0.0544. The number of aromatic nitrogens is 1. The topological polar surface area (TPSA) is 123 Å². The summed E-state index contributed by atoms with van der Waals surface area (Å²) in [6.45, 7) is 0. The highest BCUT2D eigenvalue weighted by atomic mass is 32.2. The van der Waals surface area contributed by atoms with Crippen molar-refractivity contribution in [2.75, 3.05) is 11.5 Å². The van der Waals surface area contributed by atoms with Crippen LogP contribution in [0.4, 0.5) is 11.6 Å². The molecule has 19 heavy (non-hydrogen) atoms. The molecule has 0 aliphatic heterocycles. The number of hydrogen-bond donors (Lipinski definition) is 2. The first kappa shape index (κ1) is 12.9. The van der Waals surface area contributed by atoms with Crippen LogP contribution in [0.1, 0.15) is 5.56 Å². The van der Waals surface area contributed by atoms with Crippen molar-refractivity contribution < 1.29 is 8.42 Å². The summed E-state index contributed by atoms with van der Waals surface area (Å²) in [5.41, 5.74) is 11.1. The first-order valence-electron chi connectivity index (χ1n) is 5.23. The van der Waals surface area contributed by atoms with Gasteiger partial charge in [0.25, 0.3) is 0 Å². The molecule has 1 aromatic heterocycles. The van der Waals surface area contributed by atoms with E-state index in [4.69, 9.17) is 16.7 Å². The molecule has 0 bridgehead atoms. The molecule has 0 saturated carbocycles. The second kappa shape index (κ2) is 4.59. The molecule has 2 aromatic rings. The normalized spacial score (nSPS) is 10.9. The molecule has 6 nitrogen and oxygen atoms in total. The molecule has 0 fully saturated rings. The highest BCUT2D eigenvalue weighted by molar-refractivity contribution is 7.91. The van der Waals surface area contributed by atoms with Gasteiger partial charge < -0.3 is 11.5 Å². The van der Waals surface area contributed by atoms with Gasteiger partial charge in [-0.15, -0.1) is 0 Å². The lowest BCUT2D eigenvalue weighted by atomic mass is 10.2. The van der Waals surface area contributed by atoms with Crippen LogP contribution in [0.3, 0.4) is 0 Å². The highest BCUT2D eigenvalue weighted by Gasteiger charge is 2.24. The van der Waals surface area contributed by atoms with E-state index in [1.165, 1.54) is 30.3 Å². The molecule has 0 aliphatic rings. The molecule has 1 aromatic carbocycles. The second-order valence-electron chi connectivity index (χ2n) is 3.73. The van der Waals surface area contributed by atoms with E-state index >= 15 is 0 Å². The number of benzene rings is 1. The number of nitrogens with zero attached hydrogens (tertiary/aromatic N) is 2. The summed E-state index contributed by atoms with van der Waals surface area (Å²) in [6, 6.07) is 10.4. The average Bonchev–Trinajstić information content (AvgIpc) is 2.38. The van der Waals surface area contributed by atoms with E-state index < -0.39 is 9.84 Å². The van der Waals surface area contributed by atoms with Gasteiger partial charge >= 0.3 is 0 Å². The molecule has 0 radical (unpaired) electrons. The Labute approximate surface area is 110 Å². The zero-order chi connectivity index (χ0) is 14.0. The Bertz CT molecular complexity index is 779. The number of hydrogen-bond acceptors (Lipinski definition) is 6. The number of nitriles is 1. The third-order valence-corrected chi connectivity index (χ3v) is 4.35. The SMILES string of the molecule is N#Cc1ccccc1S(=O)(=O)c1ccc(N)nc1N. The van der Waals surface area contributed by atoms with E-state index in [0.717, 1.165) is 0 Å². The van der Waals surface area contributed by atoms with Gasteiger partial charge in [-0.1, -0.05) is 12.1 Å². The molecule has 96 valence electrons. The Morgan fingerprint density at radius 3 is 2.37 bits per heavy atom. The van der Waals surface area contributed by atoms with Gasteiger partial charge in [-0.25, -0.2) is 13.4 Å². The van der Waals surface area contributed by atoms with Crippen LogP contribution in [0.2, 0.25) is 0 Å². The molecule has 0 amide bonds. The Morgan fingerprint density at radius 1 is 1.05 bits per heavy atom. The van der Waals surface area contributed by atoms with E-state index in [-0.39, 0.29) is 27.0 Å². The van der Waals surface area contributed by atoms with Gasteiger partial charge in [-0.3, -0.25) is 0 Å². The number of rotatable bonds is 2. The highest BCUT2D eigenvalue weighted by Crippen LogP contribution is 2.27. The first-order valence-corrected chi connectivity index (χ1v) is 6.71. The van der Waals surface area contributed by atoms with Crippen LogP contribution in [0, 0.1) is 11.3 Å². The molecule has 7 heteroatoms. The second-order valence-corrected chi connectivity index (χ2v) is 5.62. The lowest BCUT2D eigenvalue weighted by Gasteiger charge is -2.08. The van der Waals surface area contributed by atoms with Gasteiger partial charge in [-0.05, 0) is 24.3 Å². The van der Waals surface area contributed by atoms with E-state index in [1.54, 1.807) is 6.07 Å². The van der Waals surface area contributed by atoms with Gasteiger partial charge in [-0.2, -0.15) is 5.26 Å². The minimum atomic E-state index is -3.89. The number of nitrogens with two attached hydrogens (primary N) is 2. The average molecular weight is 274 g/mol. The minimum Gasteiger partial charge on any atom is -0.384 e. The van der Waals surface area contributed by atoms with Crippen molar-refractivity contribution in [3.05, 3.63) is 42.0 Å². The van der Waals surface area contributed by atoms with E-state index in [2.05, 4.69) is 4.98 Å². The quantitative estimate of drug-likeness (QED) is 0.840. The fourth-order valence-electron chi connectivity index (χ4n) is 1.62. The fraction of sp³-hybridized carbons (Fsp3) is 0. The van der Waals surface area contributed by atoms with Crippen molar-refractivity contribution in [3.63, 3.8) is 0 Å². The molecule has 4 N–H and O–H groups in total. The van der Waals surface area contributed by atoms with Crippen LogP contribution >= 0.6 is 0 Å². The largest absolute Gasteiger partial charge is 0.384 e. The number of sulfone groups is 1. The zero-order valence-electron chi connectivity index (χ0n) is 9.74. The summed E-state index contributed by atoms with van der Waals surface area (Å²) in [4.78, 5) is 3.45. The summed E-state index contributed by atoms with van der Waals surface area (Å²) in [5.74, 6) is -0.0576. The maximum Gasteiger partial charge on any atom is 0.211 e. The molecule has 1 heterocycles. The smallest absolute Gasteiger partial charge is 0.211 e. The van der Waals surface area contributed by atoms with Crippen molar-refractivity contribution >= 4 is 21.5 Å². The van der Waals surface area contributed by atoms with Crippen LogP contribution in [0.25, 0.3) is 0 Å². The summed E-state index contributed by atoms with van der Waals surface area (Å²) >= 11 is 0. The molecule has 0 aliphatic carbocycles. The van der Waals surface area contributed by atoms with Gasteiger partial charge in [0.1, 0.15) is 22.6 Å². The van der Waals surface area contributed by atoms with Gasteiger partial charge in [0.2, 0.25) is 9.84 Å². The fourth-order valence-corrected chi connectivity index (χ4v) is 3.08. The monoisotopic (exact) mass is 274 g/mol. The van der Waals surface area contributed by atoms with Gasteiger partial charge in [0.15, 0.2) is 0 Å². The number of pyridine rings is 1. The van der Waals surface area contributed by atoms with Gasteiger partial charge in [0.05, 0.1) is 10.5 Å². The lowest BCUT2D eigenvalue weighted by Crippen LogP contribution is -2.09. The van der Waals surface area contributed by atoms with E-state index in [1.807, 2.05) is 6.07 Å². The van der Waals surface area contributed by atoms with Crippen LogP contribution < -0.4 is 11.5 Å². The van der Waals surface area contributed by atoms with Crippen LogP contribution in [0.5, 0.6) is 0 Å². The first-order chi connectivity index (χ1) is 8.96. The third kappa shape index (κ3) is 2.21. The Balaban J connectivity index is 2.70. The van der Waals surface area contributed by atoms with Crippen LogP contribution in [-0.4, -0.2) is 13.4 Å². The molecule has 0 spiro atoms. The molecule has 0 atom stereocenters. The van der Waals surface area contributed by atoms with Crippen LogP contribution in [0.15, 0.2) is 46.2 Å². The Morgan fingerprint density at radius 2 is 1.74 bits per heavy atom. The van der Waals surface area contributed by atoms with Crippen molar-refractivity contribution in [2.24, 2.45) is 0 Å². The molecular weight excluding hydrogens is 264 g/mol. The van der Waals surface area contributed by atoms with Gasteiger partial charge in [0, 0.05) is 0 Å². The third-order valence-electron chi connectivity index (χ3n) is 2.49. The molecule has 0 saturated heterocycles. The molecule has 2 rings (SSSR count). The Hall–Kier alpha value is -2.59. The lowest BCUT2D eigenvalue weighted by molar-refractivity contribution is 0.596. The predicted molar refractivity (Wildman–Crippen MR) is 69.7 cm³/mol. The van der Waals surface area contributed by atoms with Crippen LogP contribution in [-0.2, 0) is 9.84 Å². The number of nitrogen functional groups attached to an aromatic ring is 2. The van der Waals surface area contributed by atoms with Crippen molar-refractivity contribution in [3.8, 4) is 6.07 Å². The maximum absolute atomic E-state index is 12.4. The van der Waals surface area contributed by atoms with Crippen molar-refractivity contribution in [1.82, 2.24) is 4.98 Å². The zero-order valence-corrected chi connectivity index (χ0v) is 10.6. The standard InChI is InChI=1S/C12H10N4O2S/c13-7-8-3-1-2-4-9(8)19(17,18)10-5-6-11(14)16-12(10)15/h1-6H,(H4,14,15,16). The Kier molecular flexibility index (Phi) is 3.10.